The van der Waals surface area contributed by atoms with Gasteiger partial charge in [-0.3, -0.25) is 5.43 Å². The first-order chi connectivity index (χ1) is 8.74. The number of nitrogens with one attached hydrogen (secondary N) is 2. The Balaban J connectivity index is 2.34. The van der Waals surface area contributed by atoms with Crippen LogP contribution in [0.5, 0.6) is 0 Å². The van der Waals surface area contributed by atoms with E-state index < -0.39 is 6.10 Å². The highest BCUT2D eigenvalue weighted by Gasteiger charge is 2.08. The summed E-state index contributed by atoms with van der Waals surface area (Å²) < 4.78 is 0. The number of rotatable bonds is 5. The van der Waals surface area contributed by atoms with Gasteiger partial charge in [-0.25, -0.2) is 10.8 Å². The van der Waals surface area contributed by atoms with Crippen LogP contribution in [0, 0.1) is 0 Å². The van der Waals surface area contributed by atoms with E-state index in [1.165, 1.54) is 0 Å². The molecule has 0 aliphatic rings. The number of aliphatic hydroxyl groups excluding tert-OH is 2. The lowest BCUT2D eigenvalue weighted by atomic mass is 10.2. The Morgan fingerprint density at radius 1 is 1.28 bits per heavy atom. The molecule has 0 fully saturated rings. The van der Waals surface area contributed by atoms with Gasteiger partial charge in [-0.15, -0.1) is 0 Å². The predicted octanol–water partition coefficient (Wildman–Crippen LogP) is -0.320. The van der Waals surface area contributed by atoms with Crippen molar-refractivity contribution in [1.29, 1.82) is 0 Å². The molecule has 0 spiro atoms. The van der Waals surface area contributed by atoms with E-state index in [0.717, 1.165) is 10.9 Å². The van der Waals surface area contributed by atoms with Crippen molar-refractivity contribution in [2.75, 3.05) is 23.9 Å². The van der Waals surface area contributed by atoms with Gasteiger partial charge in [0.1, 0.15) is 5.82 Å². The molecule has 2 rings (SSSR count). The molecule has 0 radical (unpaired) electrons. The normalized spacial score (nSPS) is 12.4. The standard InChI is InChI=1S/C11H15N5O2/c12-16-11-14-9-4-2-1-3-8(9)10(15-11)13-5-7(18)6-17/h1-4,7,17-18H,5-6,12H2,(H2,13,14,15,16). The number of fused-ring (bicyclic) bond motifs is 1. The number of anilines is 2. The fourth-order valence-electron chi connectivity index (χ4n) is 1.55. The van der Waals surface area contributed by atoms with Gasteiger partial charge in [0.05, 0.1) is 18.2 Å². The number of aromatic nitrogens is 2. The summed E-state index contributed by atoms with van der Waals surface area (Å²) in [6, 6.07) is 7.44. The lowest BCUT2D eigenvalue weighted by molar-refractivity contribution is 0.105. The number of nitrogen functional groups attached to an aromatic ring is 1. The van der Waals surface area contributed by atoms with E-state index in [-0.39, 0.29) is 19.1 Å². The maximum atomic E-state index is 9.32. The smallest absolute Gasteiger partial charge is 0.239 e. The summed E-state index contributed by atoms with van der Waals surface area (Å²) >= 11 is 0. The lowest BCUT2D eigenvalue weighted by Gasteiger charge is -2.12. The number of benzene rings is 1. The second kappa shape index (κ2) is 5.58. The van der Waals surface area contributed by atoms with E-state index >= 15 is 0 Å². The van der Waals surface area contributed by atoms with E-state index in [1.54, 1.807) is 0 Å². The van der Waals surface area contributed by atoms with Crippen LogP contribution in [0.15, 0.2) is 24.3 Å². The van der Waals surface area contributed by atoms with Crippen LogP contribution < -0.4 is 16.6 Å². The van der Waals surface area contributed by atoms with E-state index in [1.807, 2.05) is 24.3 Å². The molecule has 1 heterocycles. The second-order valence-electron chi connectivity index (χ2n) is 3.77. The zero-order valence-corrected chi connectivity index (χ0v) is 9.67. The molecule has 0 aliphatic carbocycles. The molecule has 6 N–H and O–H groups in total. The van der Waals surface area contributed by atoms with Gasteiger partial charge in [0.25, 0.3) is 0 Å². The Kier molecular flexibility index (Phi) is 3.88. The van der Waals surface area contributed by atoms with Gasteiger partial charge in [0.15, 0.2) is 0 Å². The summed E-state index contributed by atoms with van der Waals surface area (Å²) in [4.78, 5) is 8.38. The largest absolute Gasteiger partial charge is 0.394 e. The molecule has 96 valence electrons. The van der Waals surface area contributed by atoms with Crippen LogP contribution in [0.1, 0.15) is 0 Å². The van der Waals surface area contributed by atoms with Crippen molar-refractivity contribution in [3.05, 3.63) is 24.3 Å². The molecule has 7 heteroatoms. The first kappa shape index (κ1) is 12.5. The van der Waals surface area contributed by atoms with Crippen molar-refractivity contribution in [1.82, 2.24) is 9.97 Å². The molecular weight excluding hydrogens is 234 g/mol. The Bertz CT molecular complexity index is 534. The first-order valence-electron chi connectivity index (χ1n) is 5.50. The van der Waals surface area contributed by atoms with Crippen LogP contribution in [-0.4, -0.2) is 39.4 Å². The van der Waals surface area contributed by atoms with Crippen molar-refractivity contribution in [3.8, 4) is 0 Å². The van der Waals surface area contributed by atoms with Gasteiger partial charge >= 0.3 is 0 Å². The molecule has 7 nitrogen and oxygen atoms in total. The molecule has 0 amide bonds. The average Bonchev–Trinajstić information content (AvgIpc) is 2.43. The minimum atomic E-state index is -0.840. The van der Waals surface area contributed by atoms with Crippen molar-refractivity contribution in [2.45, 2.75) is 6.10 Å². The number of aliphatic hydroxyl groups is 2. The Labute approximate surface area is 104 Å². The molecule has 1 unspecified atom stereocenters. The van der Waals surface area contributed by atoms with E-state index in [4.69, 9.17) is 10.9 Å². The topological polar surface area (TPSA) is 116 Å². The fourth-order valence-corrected chi connectivity index (χ4v) is 1.55. The number of hydrogen-bond donors (Lipinski definition) is 5. The maximum absolute atomic E-state index is 9.32. The molecule has 1 atom stereocenters. The van der Waals surface area contributed by atoms with Crippen LogP contribution in [0.2, 0.25) is 0 Å². The average molecular weight is 249 g/mol. The summed E-state index contributed by atoms with van der Waals surface area (Å²) in [6.45, 7) is -0.112. The molecule has 0 aliphatic heterocycles. The number of para-hydroxylation sites is 1. The lowest BCUT2D eigenvalue weighted by Crippen LogP contribution is -2.23. The third kappa shape index (κ3) is 2.65. The SMILES string of the molecule is NNc1nc(NCC(O)CO)c2ccccc2n1. The third-order valence-electron chi connectivity index (χ3n) is 2.45. The third-order valence-corrected chi connectivity index (χ3v) is 2.45. The summed E-state index contributed by atoms with van der Waals surface area (Å²) in [6.07, 6.45) is -0.840. The quantitative estimate of drug-likeness (QED) is 0.364. The highest BCUT2D eigenvalue weighted by Crippen LogP contribution is 2.21. The fraction of sp³-hybridized carbons (Fsp3) is 0.273. The van der Waals surface area contributed by atoms with Crippen molar-refractivity contribution >= 4 is 22.7 Å². The Hall–Kier alpha value is -1.96. The zero-order chi connectivity index (χ0) is 13.0. The van der Waals surface area contributed by atoms with Crippen LogP contribution in [0.3, 0.4) is 0 Å². The van der Waals surface area contributed by atoms with Crippen molar-refractivity contribution in [3.63, 3.8) is 0 Å². The number of hydrazine groups is 1. The predicted molar refractivity (Wildman–Crippen MR) is 68.9 cm³/mol. The number of nitrogens with zero attached hydrogens (tertiary/aromatic N) is 2. The number of nitrogens with two attached hydrogens (primary N) is 1. The molecule has 0 bridgehead atoms. The van der Waals surface area contributed by atoms with Gasteiger partial charge in [-0.05, 0) is 12.1 Å². The summed E-state index contributed by atoms with van der Waals surface area (Å²) in [7, 11) is 0. The number of hydrogen-bond acceptors (Lipinski definition) is 7. The Morgan fingerprint density at radius 3 is 2.78 bits per heavy atom. The monoisotopic (exact) mass is 249 g/mol. The minimum Gasteiger partial charge on any atom is -0.394 e. The Morgan fingerprint density at radius 2 is 2.06 bits per heavy atom. The molecular formula is C11H15N5O2. The summed E-state index contributed by atoms with van der Waals surface area (Å²) in [5, 5.41) is 21.9. The molecule has 2 aromatic rings. The van der Waals surface area contributed by atoms with Crippen LogP contribution in [0.25, 0.3) is 10.9 Å². The van der Waals surface area contributed by atoms with Gasteiger partial charge in [-0.2, -0.15) is 4.98 Å². The highest BCUT2D eigenvalue weighted by molar-refractivity contribution is 5.89. The van der Waals surface area contributed by atoms with E-state index in [0.29, 0.717) is 5.82 Å². The first-order valence-corrected chi connectivity index (χ1v) is 5.50. The highest BCUT2D eigenvalue weighted by atomic mass is 16.3. The molecule has 0 saturated heterocycles. The van der Waals surface area contributed by atoms with Crippen LogP contribution in [0.4, 0.5) is 11.8 Å². The van der Waals surface area contributed by atoms with Gasteiger partial charge in [0.2, 0.25) is 5.95 Å². The van der Waals surface area contributed by atoms with Gasteiger partial charge in [0, 0.05) is 11.9 Å². The van der Waals surface area contributed by atoms with Crippen molar-refractivity contribution < 1.29 is 10.2 Å². The second-order valence-corrected chi connectivity index (χ2v) is 3.77. The van der Waals surface area contributed by atoms with Crippen LogP contribution >= 0.6 is 0 Å². The summed E-state index contributed by atoms with van der Waals surface area (Å²) in [5.74, 6) is 6.14. The van der Waals surface area contributed by atoms with E-state index in [2.05, 4.69) is 20.7 Å². The molecule has 1 aromatic carbocycles. The molecule has 18 heavy (non-hydrogen) atoms. The maximum Gasteiger partial charge on any atom is 0.239 e. The van der Waals surface area contributed by atoms with Crippen molar-refractivity contribution in [2.24, 2.45) is 5.84 Å². The van der Waals surface area contributed by atoms with E-state index in [9.17, 15) is 5.11 Å². The summed E-state index contributed by atoms with van der Waals surface area (Å²) in [5.41, 5.74) is 3.12. The molecule has 1 aromatic heterocycles. The van der Waals surface area contributed by atoms with Gasteiger partial charge in [-0.1, -0.05) is 12.1 Å². The minimum absolute atomic E-state index is 0.196. The molecule has 0 saturated carbocycles. The zero-order valence-electron chi connectivity index (χ0n) is 9.67. The van der Waals surface area contributed by atoms with Gasteiger partial charge < -0.3 is 15.5 Å². The van der Waals surface area contributed by atoms with Crippen LogP contribution in [-0.2, 0) is 0 Å².